The van der Waals surface area contributed by atoms with Crippen molar-refractivity contribution in [3.63, 3.8) is 0 Å². The van der Waals surface area contributed by atoms with Crippen molar-refractivity contribution in [1.29, 1.82) is 0 Å². The molecule has 118 valence electrons. The molecule has 22 heavy (non-hydrogen) atoms. The number of esters is 1. The van der Waals surface area contributed by atoms with E-state index >= 15 is 0 Å². The maximum absolute atomic E-state index is 11.0. The van der Waals surface area contributed by atoms with Gasteiger partial charge in [-0.3, -0.25) is 9.79 Å². The number of carbonyl (C=O) groups excluding carboxylic acids is 1. The Morgan fingerprint density at radius 3 is 2.68 bits per heavy atom. The van der Waals surface area contributed by atoms with Gasteiger partial charge < -0.3 is 9.47 Å². The molecule has 0 amide bonds. The number of aliphatic imine (C=N–C) groups is 1. The highest BCUT2D eigenvalue weighted by Crippen LogP contribution is 2.43. The molecule has 5 heteroatoms. The van der Waals surface area contributed by atoms with Gasteiger partial charge in [0.2, 0.25) is 0 Å². The van der Waals surface area contributed by atoms with Crippen LogP contribution in [-0.4, -0.2) is 35.2 Å². The zero-order valence-corrected chi connectivity index (χ0v) is 13.9. The molecule has 0 spiro atoms. The Morgan fingerprint density at radius 2 is 2.00 bits per heavy atom. The first-order valence-electron chi connectivity index (χ1n) is 7.65. The molecule has 1 aromatic rings. The van der Waals surface area contributed by atoms with E-state index in [1.165, 1.54) is 6.92 Å². The summed E-state index contributed by atoms with van der Waals surface area (Å²) in [6.45, 7) is 6.12. The number of thioether (sulfide) groups is 1. The van der Waals surface area contributed by atoms with Crippen LogP contribution in [0.5, 0.6) is 0 Å². The van der Waals surface area contributed by atoms with Gasteiger partial charge in [0, 0.05) is 12.5 Å². The number of fused-ring (bicyclic) bond motifs is 1. The van der Waals surface area contributed by atoms with Crippen LogP contribution in [0.25, 0.3) is 0 Å². The third-order valence-electron chi connectivity index (χ3n) is 4.51. The Morgan fingerprint density at radius 1 is 1.27 bits per heavy atom. The van der Waals surface area contributed by atoms with Gasteiger partial charge in [0.05, 0.1) is 12.1 Å². The molecule has 0 saturated carbocycles. The lowest BCUT2D eigenvalue weighted by Crippen LogP contribution is -2.47. The fourth-order valence-corrected chi connectivity index (χ4v) is 4.26. The molecular weight excluding hydrogens is 298 g/mol. The largest absolute Gasteiger partial charge is 0.463 e. The van der Waals surface area contributed by atoms with Crippen molar-refractivity contribution >= 4 is 22.8 Å². The zero-order chi connectivity index (χ0) is 15.7. The Balaban J connectivity index is 1.73. The molecule has 2 heterocycles. The van der Waals surface area contributed by atoms with Crippen LogP contribution in [0.1, 0.15) is 26.3 Å². The van der Waals surface area contributed by atoms with Crippen LogP contribution in [-0.2, 0) is 14.3 Å². The van der Waals surface area contributed by atoms with Crippen LogP contribution in [0.4, 0.5) is 0 Å². The zero-order valence-electron chi connectivity index (χ0n) is 13.1. The van der Waals surface area contributed by atoms with Crippen molar-refractivity contribution in [1.82, 2.24) is 0 Å². The quantitative estimate of drug-likeness (QED) is 0.803. The third kappa shape index (κ3) is 3.06. The van der Waals surface area contributed by atoms with E-state index in [9.17, 15) is 4.79 Å². The molecule has 0 unspecified atom stereocenters. The Hall–Kier alpha value is -1.33. The lowest BCUT2D eigenvalue weighted by Gasteiger charge is -2.40. The van der Waals surface area contributed by atoms with E-state index in [1.807, 2.05) is 18.2 Å². The molecule has 0 bridgehead atoms. The van der Waals surface area contributed by atoms with E-state index in [1.54, 1.807) is 11.8 Å². The molecule has 0 radical (unpaired) electrons. The lowest BCUT2D eigenvalue weighted by molar-refractivity contribution is -0.152. The first kappa shape index (κ1) is 15.6. The molecule has 0 N–H and O–H groups in total. The Kier molecular flexibility index (Phi) is 4.54. The molecule has 0 aromatic heterocycles. The van der Waals surface area contributed by atoms with Gasteiger partial charge in [0.25, 0.3) is 0 Å². The van der Waals surface area contributed by atoms with Crippen molar-refractivity contribution < 1.29 is 14.3 Å². The summed E-state index contributed by atoms with van der Waals surface area (Å²) in [7, 11) is 0. The second-order valence-corrected chi connectivity index (χ2v) is 7.06. The number of nitrogens with zero attached hydrogens (tertiary/aromatic N) is 1. The van der Waals surface area contributed by atoms with Crippen LogP contribution >= 0.6 is 11.8 Å². The van der Waals surface area contributed by atoms with Crippen LogP contribution in [0, 0.1) is 11.8 Å². The Bertz CT molecular complexity index is 575. The van der Waals surface area contributed by atoms with Crippen molar-refractivity contribution in [3.8, 4) is 0 Å². The number of ether oxygens (including phenoxy) is 2. The molecule has 2 aliphatic rings. The van der Waals surface area contributed by atoms with Gasteiger partial charge in [0.15, 0.2) is 0 Å². The molecule has 4 nitrogen and oxygen atoms in total. The second kappa shape index (κ2) is 6.42. The van der Waals surface area contributed by atoms with E-state index in [4.69, 9.17) is 14.5 Å². The molecule has 3 rings (SSSR count). The molecule has 2 aliphatic heterocycles. The summed E-state index contributed by atoms with van der Waals surface area (Å²) in [5.74, 6) is 0.443. The standard InChI is InChI=1S/C17H21NO3S/c1-10-11(2)15-17(21-14(10)9-20-12(3)19)22-16(18-15)13-7-5-4-6-8-13/h4-8,10-11,14-15,17H,9H2,1-3H3/t10-,11-,14+,15+,17+/m0/s1. The van der Waals surface area contributed by atoms with Crippen LogP contribution < -0.4 is 0 Å². The van der Waals surface area contributed by atoms with E-state index in [2.05, 4.69) is 26.0 Å². The highest BCUT2D eigenvalue weighted by molar-refractivity contribution is 8.15. The van der Waals surface area contributed by atoms with E-state index < -0.39 is 0 Å². The number of benzene rings is 1. The van der Waals surface area contributed by atoms with Gasteiger partial charge in [-0.25, -0.2) is 0 Å². The Labute approximate surface area is 135 Å². The summed E-state index contributed by atoms with van der Waals surface area (Å²) in [6.07, 6.45) is -0.0574. The summed E-state index contributed by atoms with van der Waals surface area (Å²) < 4.78 is 11.3. The predicted molar refractivity (Wildman–Crippen MR) is 88.0 cm³/mol. The van der Waals surface area contributed by atoms with E-state index in [0.29, 0.717) is 18.4 Å². The number of carbonyl (C=O) groups is 1. The minimum absolute atomic E-state index is 0.0157. The first-order valence-corrected chi connectivity index (χ1v) is 8.53. The summed E-state index contributed by atoms with van der Waals surface area (Å²) in [6, 6.07) is 10.4. The molecule has 1 saturated heterocycles. The predicted octanol–water partition coefficient (Wildman–Crippen LogP) is 3.11. The van der Waals surface area contributed by atoms with Crippen LogP contribution in [0.2, 0.25) is 0 Å². The molecule has 0 aliphatic carbocycles. The molecular formula is C17H21NO3S. The lowest BCUT2D eigenvalue weighted by atomic mass is 9.83. The van der Waals surface area contributed by atoms with Gasteiger partial charge in [-0.2, -0.15) is 0 Å². The monoisotopic (exact) mass is 319 g/mol. The van der Waals surface area contributed by atoms with Crippen molar-refractivity contribution in [3.05, 3.63) is 35.9 Å². The number of hydrogen-bond acceptors (Lipinski definition) is 5. The molecule has 1 fully saturated rings. The fourth-order valence-electron chi connectivity index (χ4n) is 2.94. The topological polar surface area (TPSA) is 47.9 Å². The van der Waals surface area contributed by atoms with Gasteiger partial charge in [0.1, 0.15) is 17.1 Å². The minimum atomic E-state index is -0.258. The van der Waals surface area contributed by atoms with Crippen molar-refractivity contribution in [2.75, 3.05) is 6.61 Å². The average Bonchev–Trinajstić information content (AvgIpc) is 2.94. The summed E-state index contributed by atoms with van der Waals surface area (Å²) in [5.41, 5.74) is 1.16. The van der Waals surface area contributed by atoms with Gasteiger partial charge in [-0.1, -0.05) is 55.9 Å². The van der Waals surface area contributed by atoms with E-state index in [-0.39, 0.29) is 23.6 Å². The highest BCUT2D eigenvalue weighted by Gasteiger charge is 2.45. The van der Waals surface area contributed by atoms with E-state index in [0.717, 1.165) is 10.6 Å². The fraction of sp³-hybridized carbons (Fsp3) is 0.529. The van der Waals surface area contributed by atoms with Crippen molar-refractivity contribution in [2.24, 2.45) is 16.8 Å². The van der Waals surface area contributed by atoms with Gasteiger partial charge in [-0.05, 0) is 11.8 Å². The van der Waals surface area contributed by atoms with Crippen LogP contribution in [0.3, 0.4) is 0 Å². The second-order valence-electron chi connectivity index (χ2n) is 5.97. The third-order valence-corrected chi connectivity index (χ3v) is 5.69. The summed E-state index contributed by atoms with van der Waals surface area (Å²) in [5, 5.41) is 1.04. The summed E-state index contributed by atoms with van der Waals surface area (Å²) >= 11 is 1.68. The van der Waals surface area contributed by atoms with Crippen molar-refractivity contribution in [2.45, 2.75) is 38.4 Å². The molecule has 1 aromatic carbocycles. The maximum atomic E-state index is 11.0. The number of hydrogen-bond donors (Lipinski definition) is 0. The molecule has 5 atom stereocenters. The van der Waals surface area contributed by atoms with Gasteiger partial charge >= 0.3 is 5.97 Å². The highest BCUT2D eigenvalue weighted by atomic mass is 32.2. The van der Waals surface area contributed by atoms with Crippen LogP contribution in [0.15, 0.2) is 35.3 Å². The number of rotatable bonds is 3. The average molecular weight is 319 g/mol. The maximum Gasteiger partial charge on any atom is 0.302 e. The SMILES string of the molecule is CC(=O)OC[C@H]1O[C@@H]2SC(c3ccccc3)=N[C@@H]2[C@@H](C)[C@@H]1C. The first-order chi connectivity index (χ1) is 10.6. The normalized spacial score (nSPS) is 34.0. The van der Waals surface area contributed by atoms with Gasteiger partial charge in [-0.15, -0.1) is 0 Å². The summed E-state index contributed by atoms with van der Waals surface area (Å²) in [4.78, 5) is 15.9. The smallest absolute Gasteiger partial charge is 0.302 e. The minimum Gasteiger partial charge on any atom is -0.463 e.